The molecule has 0 N–H and O–H groups in total. The molecule has 1 atom stereocenters. The van der Waals surface area contributed by atoms with E-state index < -0.39 is 5.56 Å². The lowest BCUT2D eigenvalue weighted by molar-refractivity contribution is -0.145. The van der Waals surface area contributed by atoms with Crippen molar-refractivity contribution in [2.45, 2.75) is 83.1 Å². The molecular weight excluding hydrogens is 308 g/mol. The van der Waals surface area contributed by atoms with Crippen LogP contribution in [0.5, 0.6) is 0 Å². The van der Waals surface area contributed by atoms with Crippen LogP contribution in [-0.4, -0.2) is 5.97 Å². The fourth-order valence-electron chi connectivity index (χ4n) is 2.60. The number of alkyl halides is 1. The largest absolute Gasteiger partial charge is 0.441 e. The Morgan fingerprint density at radius 3 is 2.00 bits per heavy atom. The summed E-state index contributed by atoms with van der Waals surface area (Å²) in [6, 6.07) is 9.43. The van der Waals surface area contributed by atoms with Crippen molar-refractivity contribution < 1.29 is 9.53 Å². The molecule has 0 spiro atoms. The molecule has 2 nitrogen and oxygen atoms in total. The molecule has 1 aromatic carbocycles. The summed E-state index contributed by atoms with van der Waals surface area (Å²) in [5.74, 6) is -0.201. The molecule has 1 aromatic rings. The van der Waals surface area contributed by atoms with E-state index in [2.05, 4.69) is 6.92 Å². The van der Waals surface area contributed by atoms with Crippen molar-refractivity contribution in [3.8, 4) is 0 Å². The number of carbonyl (C=O) groups excluding carboxylic acids is 1. The molecule has 0 amide bonds. The molecule has 0 radical (unpaired) electrons. The Balaban J connectivity index is 1.96. The van der Waals surface area contributed by atoms with Crippen LogP contribution in [-0.2, 0) is 9.53 Å². The maximum absolute atomic E-state index is 11.8. The van der Waals surface area contributed by atoms with Gasteiger partial charge < -0.3 is 4.74 Å². The molecule has 3 heteroatoms. The van der Waals surface area contributed by atoms with Crippen molar-refractivity contribution in [1.29, 1.82) is 0 Å². The highest BCUT2D eigenvalue weighted by Gasteiger charge is 2.12. The highest BCUT2D eigenvalue weighted by molar-refractivity contribution is 6.20. The van der Waals surface area contributed by atoms with E-state index in [1.54, 1.807) is 0 Å². The predicted molar refractivity (Wildman–Crippen MR) is 97.6 cm³/mol. The fraction of sp³-hybridized carbons (Fsp3) is 0.650. The second kappa shape index (κ2) is 13.4. The summed E-state index contributed by atoms with van der Waals surface area (Å²) < 4.78 is 5.25. The van der Waals surface area contributed by atoms with Crippen molar-refractivity contribution in [2.75, 3.05) is 0 Å². The number of esters is 1. The Morgan fingerprint density at radius 1 is 0.913 bits per heavy atom. The van der Waals surface area contributed by atoms with E-state index in [-0.39, 0.29) is 5.97 Å². The van der Waals surface area contributed by atoms with Crippen LogP contribution in [0.15, 0.2) is 30.3 Å². The van der Waals surface area contributed by atoms with Crippen molar-refractivity contribution in [3.63, 3.8) is 0 Å². The quantitative estimate of drug-likeness (QED) is 0.225. The van der Waals surface area contributed by atoms with Gasteiger partial charge in [-0.05, 0) is 6.42 Å². The topological polar surface area (TPSA) is 26.3 Å². The van der Waals surface area contributed by atoms with Gasteiger partial charge in [0.05, 0.1) is 0 Å². The fourth-order valence-corrected chi connectivity index (χ4v) is 2.85. The first-order chi connectivity index (χ1) is 11.2. The number of carbonyl (C=O) groups is 1. The van der Waals surface area contributed by atoms with Crippen molar-refractivity contribution in [2.24, 2.45) is 0 Å². The Morgan fingerprint density at radius 2 is 1.43 bits per heavy atom. The summed E-state index contributed by atoms with van der Waals surface area (Å²) in [6.07, 6.45) is 13.1. The van der Waals surface area contributed by atoms with Gasteiger partial charge in [-0.2, -0.15) is 0 Å². The summed E-state index contributed by atoms with van der Waals surface area (Å²) in [7, 11) is 0. The average Bonchev–Trinajstić information content (AvgIpc) is 2.57. The minimum absolute atomic E-state index is 0.201. The molecule has 23 heavy (non-hydrogen) atoms. The third kappa shape index (κ3) is 10.4. The molecule has 0 fully saturated rings. The molecule has 0 heterocycles. The van der Waals surface area contributed by atoms with Crippen LogP contribution < -0.4 is 0 Å². The first-order valence-corrected chi connectivity index (χ1v) is 9.56. The van der Waals surface area contributed by atoms with Gasteiger partial charge in [-0.3, -0.25) is 4.79 Å². The summed E-state index contributed by atoms with van der Waals surface area (Å²) in [5.41, 5.74) is 0.150. The molecular formula is C20H31ClO2. The molecule has 0 aliphatic carbocycles. The van der Waals surface area contributed by atoms with Gasteiger partial charge >= 0.3 is 5.97 Å². The zero-order chi connectivity index (χ0) is 16.8. The first kappa shape index (κ1) is 20.0. The maximum atomic E-state index is 11.8. The van der Waals surface area contributed by atoms with Crippen LogP contribution in [0.1, 0.15) is 88.7 Å². The van der Waals surface area contributed by atoms with Gasteiger partial charge in [-0.15, -0.1) is 0 Å². The van der Waals surface area contributed by atoms with E-state index in [0.29, 0.717) is 6.42 Å². The molecule has 0 saturated carbocycles. The van der Waals surface area contributed by atoms with Gasteiger partial charge in [0.1, 0.15) is 0 Å². The average molecular weight is 339 g/mol. The predicted octanol–water partition coefficient (Wildman–Crippen LogP) is 6.78. The SMILES string of the molecule is CCCCCCCCCCCCC(=O)OC(Cl)c1ccccc1. The smallest absolute Gasteiger partial charge is 0.307 e. The Kier molecular flexibility index (Phi) is 11.7. The summed E-state index contributed by atoms with van der Waals surface area (Å²) in [4.78, 5) is 11.8. The van der Waals surface area contributed by atoms with E-state index in [4.69, 9.17) is 16.3 Å². The molecule has 1 unspecified atom stereocenters. The van der Waals surface area contributed by atoms with Gasteiger partial charge in [0.25, 0.3) is 0 Å². The van der Waals surface area contributed by atoms with Crippen molar-refractivity contribution >= 4 is 17.6 Å². The van der Waals surface area contributed by atoms with Gasteiger partial charge in [0.15, 0.2) is 0 Å². The lowest BCUT2D eigenvalue weighted by Crippen LogP contribution is -2.06. The number of ether oxygens (including phenoxy) is 1. The van der Waals surface area contributed by atoms with Crippen LogP contribution in [0, 0.1) is 0 Å². The monoisotopic (exact) mass is 338 g/mol. The normalized spacial score (nSPS) is 12.1. The van der Waals surface area contributed by atoms with E-state index in [0.717, 1.165) is 18.4 Å². The number of halogens is 1. The highest BCUT2D eigenvalue weighted by Crippen LogP contribution is 2.22. The third-order valence-electron chi connectivity index (χ3n) is 4.03. The van der Waals surface area contributed by atoms with Crippen LogP contribution >= 0.6 is 11.6 Å². The second-order valence-electron chi connectivity index (χ2n) is 6.15. The van der Waals surface area contributed by atoms with E-state index in [1.807, 2.05) is 30.3 Å². The zero-order valence-corrected chi connectivity index (χ0v) is 15.2. The number of rotatable bonds is 13. The molecule has 0 aliphatic heterocycles. The van der Waals surface area contributed by atoms with Crippen LogP contribution in [0.3, 0.4) is 0 Å². The molecule has 0 aromatic heterocycles. The van der Waals surface area contributed by atoms with Crippen molar-refractivity contribution in [1.82, 2.24) is 0 Å². The molecule has 130 valence electrons. The number of hydrogen-bond acceptors (Lipinski definition) is 2. The van der Waals surface area contributed by atoms with Crippen LogP contribution in [0.4, 0.5) is 0 Å². The third-order valence-corrected chi connectivity index (χ3v) is 4.37. The van der Waals surface area contributed by atoms with Crippen LogP contribution in [0.25, 0.3) is 0 Å². The lowest BCUT2D eigenvalue weighted by atomic mass is 10.1. The minimum Gasteiger partial charge on any atom is -0.441 e. The highest BCUT2D eigenvalue weighted by atomic mass is 35.5. The Hall–Kier alpha value is -1.02. The van der Waals surface area contributed by atoms with E-state index in [9.17, 15) is 4.79 Å². The van der Waals surface area contributed by atoms with Crippen LogP contribution in [0.2, 0.25) is 0 Å². The maximum Gasteiger partial charge on any atom is 0.307 e. The Bertz CT molecular complexity index is 405. The summed E-state index contributed by atoms with van der Waals surface area (Å²) in [6.45, 7) is 2.25. The van der Waals surface area contributed by atoms with E-state index >= 15 is 0 Å². The van der Waals surface area contributed by atoms with E-state index in [1.165, 1.54) is 51.4 Å². The molecule has 0 bridgehead atoms. The second-order valence-corrected chi connectivity index (χ2v) is 6.54. The summed E-state index contributed by atoms with van der Waals surface area (Å²) >= 11 is 6.09. The standard InChI is InChI=1S/C20H31ClO2/c1-2-3-4-5-6-7-8-9-10-14-17-19(22)23-20(21)18-15-12-11-13-16-18/h11-13,15-16,20H,2-10,14,17H2,1H3. The molecule has 1 rings (SSSR count). The number of benzene rings is 1. The minimum atomic E-state index is -0.674. The van der Waals surface area contributed by atoms with Crippen molar-refractivity contribution in [3.05, 3.63) is 35.9 Å². The Labute approximate surface area is 146 Å². The zero-order valence-electron chi connectivity index (χ0n) is 14.4. The van der Waals surface area contributed by atoms with Gasteiger partial charge in [0, 0.05) is 12.0 Å². The van der Waals surface area contributed by atoms with Gasteiger partial charge in [-0.1, -0.05) is 107 Å². The first-order valence-electron chi connectivity index (χ1n) is 9.12. The number of hydrogen-bond donors (Lipinski definition) is 0. The summed E-state index contributed by atoms with van der Waals surface area (Å²) in [5, 5.41) is 0. The van der Waals surface area contributed by atoms with Gasteiger partial charge in [0.2, 0.25) is 5.56 Å². The lowest BCUT2D eigenvalue weighted by Gasteiger charge is -2.11. The molecule has 0 saturated heterocycles. The molecule has 0 aliphatic rings. The number of unbranched alkanes of at least 4 members (excludes halogenated alkanes) is 9. The van der Waals surface area contributed by atoms with Gasteiger partial charge in [-0.25, -0.2) is 0 Å².